The number of hydrogen-bond acceptors (Lipinski definition) is 5. The summed E-state index contributed by atoms with van der Waals surface area (Å²) in [6.45, 7) is 3.38. The van der Waals surface area contributed by atoms with E-state index in [9.17, 15) is 14.7 Å². The Bertz CT molecular complexity index is 471. The van der Waals surface area contributed by atoms with Crippen LogP contribution in [0.4, 0.5) is 0 Å². The molecule has 1 saturated heterocycles. The largest absolute Gasteiger partial charge is 0.391 e. The molecule has 1 aliphatic heterocycles. The molecule has 0 radical (unpaired) electrons. The lowest BCUT2D eigenvalue weighted by Crippen LogP contribution is -2.47. The van der Waals surface area contributed by atoms with Crippen molar-refractivity contribution in [3.63, 3.8) is 0 Å². The number of nitrogens with zero attached hydrogens (tertiary/aromatic N) is 1. The maximum Gasteiger partial charge on any atom is 0.346 e. The minimum absolute atomic E-state index is 0.243. The summed E-state index contributed by atoms with van der Waals surface area (Å²) in [7, 11) is 0. The summed E-state index contributed by atoms with van der Waals surface area (Å²) in [5.74, 6) is -2.77. The van der Waals surface area contributed by atoms with E-state index in [-0.39, 0.29) is 6.42 Å². The Balaban J connectivity index is 2.30. The molecule has 2 atom stereocenters. The minimum Gasteiger partial charge on any atom is -0.391 e. The highest BCUT2D eigenvalue weighted by atomic mass is 16.6. The molecule has 0 spiro atoms. The summed E-state index contributed by atoms with van der Waals surface area (Å²) in [6, 6.07) is 3.54. The van der Waals surface area contributed by atoms with Crippen LogP contribution in [0, 0.1) is 11.8 Å². The molecule has 18 heavy (non-hydrogen) atoms. The smallest absolute Gasteiger partial charge is 0.346 e. The quantitative estimate of drug-likeness (QED) is 0.630. The van der Waals surface area contributed by atoms with Crippen LogP contribution < -0.4 is 0 Å². The van der Waals surface area contributed by atoms with Gasteiger partial charge in [0.2, 0.25) is 0 Å². The van der Waals surface area contributed by atoms with Crippen molar-refractivity contribution >= 4 is 11.9 Å². The first-order valence-corrected chi connectivity index (χ1v) is 5.83. The fraction of sp³-hybridized carbons (Fsp3) is 0.462. The number of rotatable bonds is 3. The van der Waals surface area contributed by atoms with Crippen molar-refractivity contribution in [3.8, 4) is 0 Å². The highest BCUT2D eigenvalue weighted by molar-refractivity contribution is 6.01. The molecule has 0 amide bonds. The molecule has 1 aromatic rings. The summed E-state index contributed by atoms with van der Waals surface area (Å²) in [4.78, 5) is 27.3. The molecule has 1 aliphatic rings. The molecule has 2 heterocycles. The van der Waals surface area contributed by atoms with Crippen LogP contribution in [0.3, 0.4) is 0 Å². The van der Waals surface area contributed by atoms with E-state index < -0.39 is 29.4 Å². The predicted molar refractivity (Wildman–Crippen MR) is 62.3 cm³/mol. The number of aromatic nitrogens is 1. The fourth-order valence-electron chi connectivity index (χ4n) is 2.20. The summed E-state index contributed by atoms with van der Waals surface area (Å²) < 4.78 is 4.57. The van der Waals surface area contributed by atoms with Crippen LogP contribution in [-0.4, -0.2) is 27.6 Å². The third kappa shape index (κ3) is 1.90. The lowest BCUT2D eigenvalue weighted by Gasteiger charge is -2.27. The molecule has 0 bridgehead atoms. The predicted octanol–water partition coefficient (Wildman–Crippen LogP) is 0.711. The van der Waals surface area contributed by atoms with Crippen molar-refractivity contribution in [2.75, 3.05) is 0 Å². The first-order chi connectivity index (χ1) is 8.46. The molecule has 0 saturated carbocycles. The third-order valence-electron chi connectivity index (χ3n) is 3.38. The van der Waals surface area contributed by atoms with Gasteiger partial charge in [-0.2, -0.15) is 0 Å². The molecule has 96 valence electrons. The van der Waals surface area contributed by atoms with Gasteiger partial charge in [0.25, 0.3) is 0 Å². The fourth-order valence-corrected chi connectivity index (χ4v) is 2.20. The maximum atomic E-state index is 11.7. The van der Waals surface area contributed by atoms with E-state index in [0.717, 1.165) is 5.56 Å². The van der Waals surface area contributed by atoms with Crippen LogP contribution in [0.2, 0.25) is 0 Å². The normalized spacial score (nSPS) is 27.7. The van der Waals surface area contributed by atoms with Gasteiger partial charge in [0, 0.05) is 12.4 Å². The van der Waals surface area contributed by atoms with Crippen molar-refractivity contribution in [1.82, 2.24) is 4.98 Å². The van der Waals surface area contributed by atoms with Gasteiger partial charge in [-0.1, -0.05) is 19.9 Å². The number of ether oxygens (including phenoxy) is 1. The van der Waals surface area contributed by atoms with Crippen LogP contribution in [0.1, 0.15) is 19.4 Å². The Hall–Kier alpha value is -1.75. The van der Waals surface area contributed by atoms with Crippen molar-refractivity contribution in [2.24, 2.45) is 11.8 Å². The van der Waals surface area contributed by atoms with Crippen LogP contribution in [0.25, 0.3) is 0 Å². The zero-order valence-corrected chi connectivity index (χ0v) is 10.3. The molecule has 5 heteroatoms. The molecule has 0 aliphatic carbocycles. The Morgan fingerprint density at radius 2 is 2.22 bits per heavy atom. The van der Waals surface area contributed by atoms with E-state index in [4.69, 9.17) is 0 Å². The average molecular weight is 249 g/mol. The summed E-state index contributed by atoms with van der Waals surface area (Å²) in [5, 5.41) is 10.4. The van der Waals surface area contributed by atoms with E-state index >= 15 is 0 Å². The first kappa shape index (κ1) is 12.7. The number of carbonyl (C=O) groups is 2. The van der Waals surface area contributed by atoms with Crippen LogP contribution in [0.5, 0.6) is 0 Å². The number of cyclic esters (lactones) is 2. The maximum absolute atomic E-state index is 11.7. The number of hydrogen-bond donors (Lipinski definition) is 1. The number of esters is 2. The Morgan fingerprint density at radius 3 is 2.78 bits per heavy atom. The highest BCUT2D eigenvalue weighted by Gasteiger charge is 2.58. The molecule has 5 nitrogen and oxygen atoms in total. The van der Waals surface area contributed by atoms with Crippen molar-refractivity contribution < 1.29 is 19.4 Å². The second kappa shape index (κ2) is 4.49. The molecule has 1 N–H and O–H groups in total. The molecular weight excluding hydrogens is 234 g/mol. The van der Waals surface area contributed by atoms with E-state index in [0.29, 0.717) is 0 Å². The zero-order valence-electron chi connectivity index (χ0n) is 10.3. The Morgan fingerprint density at radius 1 is 1.50 bits per heavy atom. The molecule has 2 unspecified atom stereocenters. The van der Waals surface area contributed by atoms with E-state index in [1.54, 1.807) is 38.4 Å². The number of carbonyl (C=O) groups excluding carboxylic acids is 2. The van der Waals surface area contributed by atoms with Crippen molar-refractivity contribution in [3.05, 3.63) is 30.1 Å². The highest BCUT2D eigenvalue weighted by Crippen LogP contribution is 2.36. The van der Waals surface area contributed by atoms with Crippen LogP contribution in [-0.2, 0) is 20.7 Å². The number of pyridine rings is 1. The molecule has 1 aromatic heterocycles. The summed E-state index contributed by atoms with van der Waals surface area (Å²) >= 11 is 0. The molecular formula is C13H15NO4. The second-order valence-corrected chi connectivity index (χ2v) is 4.81. The molecule has 1 fully saturated rings. The monoisotopic (exact) mass is 249 g/mol. The van der Waals surface area contributed by atoms with Crippen LogP contribution >= 0.6 is 0 Å². The van der Waals surface area contributed by atoms with Gasteiger partial charge in [0.1, 0.15) is 5.92 Å². The Labute approximate surface area is 105 Å². The molecule has 2 rings (SSSR count). The summed E-state index contributed by atoms with van der Waals surface area (Å²) in [5.41, 5.74) is -0.958. The van der Waals surface area contributed by atoms with Gasteiger partial charge in [0.15, 0.2) is 5.60 Å². The van der Waals surface area contributed by atoms with Gasteiger partial charge in [-0.25, -0.2) is 4.79 Å². The number of aliphatic hydroxyl groups is 1. The van der Waals surface area contributed by atoms with E-state index in [2.05, 4.69) is 9.72 Å². The SMILES string of the molecule is CC(C)C1(O)C(=O)OC(=O)C1Cc1cccnc1. The standard InChI is InChI=1S/C13H15NO4/c1-8(2)13(17)10(11(15)18-12(13)16)6-9-4-3-5-14-7-9/h3-5,7-8,10,17H,6H2,1-2H3. The average Bonchev–Trinajstić information content (AvgIpc) is 2.55. The Kier molecular flexibility index (Phi) is 3.17. The lowest BCUT2D eigenvalue weighted by atomic mass is 9.77. The van der Waals surface area contributed by atoms with Gasteiger partial charge in [-0.3, -0.25) is 9.78 Å². The topological polar surface area (TPSA) is 76.5 Å². The third-order valence-corrected chi connectivity index (χ3v) is 3.38. The van der Waals surface area contributed by atoms with Gasteiger partial charge in [-0.15, -0.1) is 0 Å². The van der Waals surface area contributed by atoms with E-state index in [1.807, 2.05) is 0 Å². The zero-order chi connectivity index (χ0) is 13.3. The van der Waals surface area contributed by atoms with Crippen LogP contribution in [0.15, 0.2) is 24.5 Å². The van der Waals surface area contributed by atoms with Gasteiger partial charge in [0.05, 0.1) is 0 Å². The van der Waals surface area contributed by atoms with Gasteiger partial charge in [-0.05, 0) is 24.0 Å². The molecule has 0 aromatic carbocycles. The van der Waals surface area contributed by atoms with E-state index in [1.165, 1.54) is 0 Å². The van der Waals surface area contributed by atoms with Gasteiger partial charge >= 0.3 is 11.9 Å². The lowest BCUT2D eigenvalue weighted by molar-refractivity contribution is -0.161. The van der Waals surface area contributed by atoms with Gasteiger partial charge < -0.3 is 9.84 Å². The summed E-state index contributed by atoms with van der Waals surface area (Å²) in [6.07, 6.45) is 3.47. The minimum atomic E-state index is -1.74. The second-order valence-electron chi connectivity index (χ2n) is 4.81. The van der Waals surface area contributed by atoms with Crippen molar-refractivity contribution in [1.29, 1.82) is 0 Å². The first-order valence-electron chi connectivity index (χ1n) is 5.83. The van der Waals surface area contributed by atoms with Crippen molar-refractivity contribution in [2.45, 2.75) is 25.9 Å².